The Bertz CT molecular complexity index is 252. The molecule has 0 bridgehead atoms. The Morgan fingerprint density at radius 2 is 2.30 bits per heavy atom. The van der Waals surface area contributed by atoms with Gasteiger partial charge < -0.3 is 0 Å². The van der Waals surface area contributed by atoms with E-state index in [2.05, 4.69) is 6.08 Å². The Hall–Kier alpha value is -1.40. The van der Waals surface area contributed by atoms with Gasteiger partial charge in [0.1, 0.15) is 5.94 Å². The summed E-state index contributed by atoms with van der Waals surface area (Å²) in [6.07, 6.45) is 7.98. The lowest BCUT2D eigenvalue weighted by molar-refractivity contribution is 0.562. The van der Waals surface area contributed by atoms with Crippen LogP contribution < -0.4 is 0 Å². The summed E-state index contributed by atoms with van der Waals surface area (Å²) in [4.78, 5) is 20.0. The number of carbonyl (C=O) groups excluding carboxylic acids is 2. The summed E-state index contributed by atoms with van der Waals surface area (Å²) in [5.74, 6) is 1.67. The van der Waals surface area contributed by atoms with Crippen molar-refractivity contribution in [3.8, 4) is 0 Å². The molecule has 1 rings (SSSR count). The van der Waals surface area contributed by atoms with Gasteiger partial charge >= 0.3 is 0 Å². The van der Waals surface area contributed by atoms with Crippen molar-refractivity contribution in [2.45, 2.75) is 6.42 Å². The molecular weight excluding hydrogens is 128 g/mol. The summed E-state index contributed by atoms with van der Waals surface area (Å²) in [6, 6.07) is 0. The molecule has 0 fully saturated rings. The molecule has 10 heavy (non-hydrogen) atoms. The second kappa shape index (κ2) is 2.95. The van der Waals surface area contributed by atoms with E-state index in [1.165, 1.54) is 0 Å². The quantitative estimate of drug-likeness (QED) is 0.488. The molecule has 0 saturated carbocycles. The van der Waals surface area contributed by atoms with Crippen LogP contribution in [0.4, 0.5) is 0 Å². The number of hydrogen-bond donors (Lipinski definition) is 0. The molecule has 48 valence electrons. The summed E-state index contributed by atoms with van der Waals surface area (Å²) < 4.78 is 0. The van der Waals surface area contributed by atoms with Crippen molar-refractivity contribution < 1.29 is 9.59 Å². The van der Waals surface area contributed by atoms with Gasteiger partial charge in [-0.2, -0.15) is 0 Å². The maximum Gasteiger partial charge on any atom is 0.234 e. The smallest absolute Gasteiger partial charge is 0.234 e. The van der Waals surface area contributed by atoms with E-state index in [1.54, 1.807) is 24.4 Å². The van der Waals surface area contributed by atoms with Crippen LogP contribution in [0.15, 0.2) is 23.3 Å². The average molecular weight is 132 g/mol. The Balaban J connectivity index is 2.94. The molecule has 0 aromatic carbocycles. The van der Waals surface area contributed by atoms with Crippen molar-refractivity contribution in [3.05, 3.63) is 29.4 Å². The van der Waals surface area contributed by atoms with E-state index in [0.717, 1.165) is 0 Å². The molecule has 0 amide bonds. The van der Waals surface area contributed by atoms with E-state index >= 15 is 0 Å². The fourth-order valence-electron chi connectivity index (χ4n) is 0.677. The van der Waals surface area contributed by atoms with Crippen LogP contribution in [-0.2, 0) is 9.59 Å². The summed E-state index contributed by atoms with van der Waals surface area (Å²) in [5, 5.41) is 0. The van der Waals surface area contributed by atoms with Crippen LogP contribution in [0.1, 0.15) is 6.42 Å². The van der Waals surface area contributed by atoms with E-state index in [9.17, 15) is 9.59 Å². The molecule has 0 saturated heterocycles. The predicted octanol–water partition coefficient (Wildman–Crippen LogP) is 0.544. The predicted molar refractivity (Wildman–Crippen MR) is 35.4 cm³/mol. The van der Waals surface area contributed by atoms with Crippen LogP contribution in [0.2, 0.25) is 0 Å². The highest BCUT2D eigenvalue weighted by atomic mass is 16.1. The molecule has 1 aliphatic carbocycles. The first-order valence-electron chi connectivity index (χ1n) is 2.79. The highest BCUT2D eigenvalue weighted by Crippen LogP contribution is 2.09. The van der Waals surface area contributed by atoms with Crippen molar-refractivity contribution in [2.75, 3.05) is 0 Å². The minimum Gasteiger partial charge on any atom is -0.285 e. The monoisotopic (exact) mass is 132 g/mol. The molecule has 1 aliphatic rings. The van der Waals surface area contributed by atoms with Crippen molar-refractivity contribution in [2.24, 2.45) is 0 Å². The Kier molecular flexibility index (Phi) is 1.98. The maximum absolute atomic E-state index is 10.0. The van der Waals surface area contributed by atoms with Gasteiger partial charge in [0.2, 0.25) is 6.29 Å². The van der Waals surface area contributed by atoms with Gasteiger partial charge in [-0.15, -0.1) is 0 Å². The minimum atomic E-state index is 0.282. The van der Waals surface area contributed by atoms with Crippen LogP contribution in [0, 0.1) is 6.08 Å². The first-order valence-corrected chi connectivity index (χ1v) is 2.79. The largest absolute Gasteiger partial charge is 0.285 e. The van der Waals surface area contributed by atoms with Gasteiger partial charge in [-0.1, -0.05) is 12.2 Å². The van der Waals surface area contributed by atoms with Gasteiger partial charge in [-0.05, 0) is 0 Å². The Morgan fingerprint density at radius 3 is 2.90 bits per heavy atom. The molecule has 0 aromatic heterocycles. The lowest BCUT2D eigenvalue weighted by atomic mass is 10.0. The SMILES string of the molecule is O=[C]C1=[C]C(=C=O)CC=C1. The summed E-state index contributed by atoms with van der Waals surface area (Å²) in [5.41, 5.74) is 0.658. The Morgan fingerprint density at radius 1 is 1.50 bits per heavy atom. The summed E-state index contributed by atoms with van der Waals surface area (Å²) in [7, 11) is 0. The van der Waals surface area contributed by atoms with Gasteiger partial charge in [0.25, 0.3) is 0 Å². The third kappa shape index (κ3) is 1.30. The van der Waals surface area contributed by atoms with E-state index in [-0.39, 0.29) is 5.57 Å². The van der Waals surface area contributed by atoms with E-state index in [4.69, 9.17) is 0 Å². The highest BCUT2D eigenvalue weighted by molar-refractivity contribution is 5.80. The summed E-state index contributed by atoms with van der Waals surface area (Å²) >= 11 is 0. The second-order valence-corrected chi connectivity index (χ2v) is 1.83. The lowest BCUT2D eigenvalue weighted by Gasteiger charge is -1.96. The van der Waals surface area contributed by atoms with Crippen molar-refractivity contribution in [1.82, 2.24) is 0 Å². The van der Waals surface area contributed by atoms with Gasteiger partial charge in [0.05, 0.1) is 0 Å². The fraction of sp³-hybridized carbons (Fsp3) is 0.125. The van der Waals surface area contributed by atoms with Crippen LogP contribution in [-0.4, -0.2) is 12.2 Å². The molecule has 0 atom stereocenters. The van der Waals surface area contributed by atoms with Gasteiger partial charge in [0, 0.05) is 23.6 Å². The molecule has 0 aliphatic heterocycles. The average Bonchev–Trinajstić information content (AvgIpc) is 2.05. The molecule has 2 radical (unpaired) electrons. The zero-order valence-electron chi connectivity index (χ0n) is 5.18. The standard InChI is InChI=1S/C8H4O2/c9-5-7-2-1-3-8(4-7)6-10/h1-2H,3H2. The first-order chi connectivity index (χ1) is 4.86. The van der Waals surface area contributed by atoms with Crippen LogP contribution in [0.25, 0.3) is 0 Å². The molecule has 0 aromatic rings. The number of hydrogen-bond acceptors (Lipinski definition) is 2. The van der Waals surface area contributed by atoms with Crippen molar-refractivity contribution >= 4 is 12.2 Å². The van der Waals surface area contributed by atoms with Gasteiger partial charge in [-0.3, -0.25) is 4.79 Å². The third-order valence-electron chi connectivity index (χ3n) is 1.13. The third-order valence-corrected chi connectivity index (χ3v) is 1.13. The highest BCUT2D eigenvalue weighted by Gasteiger charge is 2.01. The second-order valence-electron chi connectivity index (χ2n) is 1.83. The molecule has 2 nitrogen and oxygen atoms in total. The topological polar surface area (TPSA) is 34.1 Å². The van der Waals surface area contributed by atoms with Gasteiger partial charge in [0.15, 0.2) is 0 Å². The molecule has 0 spiro atoms. The molecular formula is C8H4O2. The molecule has 2 heteroatoms. The zero-order chi connectivity index (χ0) is 7.40. The van der Waals surface area contributed by atoms with E-state index in [1.807, 2.05) is 0 Å². The molecule has 0 heterocycles. The van der Waals surface area contributed by atoms with Crippen LogP contribution in [0.5, 0.6) is 0 Å². The minimum absolute atomic E-state index is 0.282. The normalized spacial score (nSPS) is 16.0. The Labute approximate surface area is 58.5 Å². The lowest BCUT2D eigenvalue weighted by Crippen LogP contribution is -1.90. The van der Waals surface area contributed by atoms with Crippen molar-refractivity contribution in [1.29, 1.82) is 0 Å². The fourth-order valence-corrected chi connectivity index (χ4v) is 0.677. The van der Waals surface area contributed by atoms with Gasteiger partial charge in [-0.25, -0.2) is 4.79 Å². The van der Waals surface area contributed by atoms with E-state index < -0.39 is 0 Å². The number of rotatable bonds is 1. The van der Waals surface area contributed by atoms with Crippen molar-refractivity contribution in [3.63, 3.8) is 0 Å². The zero-order valence-corrected chi connectivity index (χ0v) is 5.18. The van der Waals surface area contributed by atoms with E-state index in [0.29, 0.717) is 12.0 Å². The first kappa shape index (κ1) is 6.72. The van der Waals surface area contributed by atoms with Crippen LogP contribution in [0.3, 0.4) is 0 Å². The van der Waals surface area contributed by atoms with Crippen LogP contribution >= 0.6 is 0 Å². The molecule has 0 unspecified atom stereocenters. The maximum atomic E-state index is 10.0. The molecule has 0 N–H and O–H groups in total. The number of allylic oxidation sites excluding steroid dienone is 5. The summed E-state index contributed by atoms with van der Waals surface area (Å²) in [6.45, 7) is 0.